The molecule has 1 heterocycles. The Labute approximate surface area is 156 Å². The summed E-state index contributed by atoms with van der Waals surface area (Å²) < 4.78 is 16.2. The number of ether oxygens (including phenoxy) is 2. The van der Waals surface area contributed by atoms with E-state index < -0.39 is 12.6 Å². The number of hydrogen-bond donors (Lipinski definition) is 0. The van der Waals surface area contributed by atoms with Crippen LogP contribution in [-0.4, -0.2) is 12.6 Å². The van der Waals surface area contributed by atoms with Crippen LogP contribution in [0.2, 0.25) is 0 Å². The Balaban J connectivity index is 1.89. The number of carboxylic acids is 1. The molecule has 1 aromatic heterocycles. The average Bonchev–Trinajstić information content (AvgIpc) is 2.62. The molecule has 0 atom stereocenters. The van der Waals surface area contributed by atoms with Gasteiger partial charge in [0.15, 0.2) is 0 Å². The lowest BCUT2D eigenvalue weighted by Gasteiger charge is -2.12. The number of carboxylic acid groups (broad SMARTS) is 1. The van der Waals surface area contributed by atoms with Crippen molar-refractivity contribution in [1.82, 2.24) is 0 Å². The van der Waals surface area contributed by atoms with E-state index in [-0.39, 0.29) is 22.5 Å². The fraction of sp³-hybridized carbons (Fsp3) is 0.238. The molecule has 6 heteroatoms. The molecular weight excluding hydrogens is 348 g/mol. The van der Waals surface area contributed by atoms with Crippen molar-refractivity contribution in [3.63, 3.8) is 0 Å². The maximum atomic E-state index is 12.6. The van der Waals surface area contributed by atoms with Crippen molar-refractivity contribution in [3.8, 4) is 17.2 Å². The molecule has 0 spiro atoms. The van der Waals surface area contributed by atoms with E-state index in [9.17, 15) is 14.7 Å². The highest BCUT2D eigenvalue weighted by atomic mass is 16.5. The SMILES string of the molecule is Cc1cc(Oc2coc3cc(OCC(=O)[O-])ccc3c2=O)ccc1C(C)C. The Morgan fingerprint density at radius 2 is 1.89 bits per heavy atom. The van der Waals surface area contributed by atoms with Gasteiger partial charge in [0.05, 0.1) is 11.4 Å². The molecule has 0 N–H and O–H groups in total. The number of benzene rings is 2. The van der Waals surface area contributed by atoms with Gasteiger partial charge in [-0.15, -0.1) is 0 Å². The van der Waals surface area contributed by atoms with Gasteiger partial charge in [0.25, 0.3) is 0 Å². The molecule has 140 valence electrons. The maximum absolute atomic E-state index is 12.6. The van der Waals surface area contributed by atoms with E-state index in [0.29, 0.717) is 17.1 Å². The summed E-state index contributed by atoms with van der Waals surface area (Å²) in [6, 6.07) is 10.1. The van der Waals surface area contributed by atoms with E-state index in [4.69, 9.17) is 13.9 Å². The fourth-order valence-corrected chi connectivity index (χ4v) is 2.88. The summed E-state index contributed by atoms with van der Waals surface area (Å²) in [6.45, 7) is 5.65. The number of aliphatic carboxylic acids is 1. The molecule has 0 amide bonds. The molecule has 0 radical (unpaired) electrons. The minimum absolute atomic E-state index is 0.0719. The standard InChI is InChI=1S/C21H20O6/c1-12(2)16-6-5-15(8-13(16)3)27-19-10-26-18-9-14(25-11-20(22)23)4-7-17(18)21(19)24/h4-10,12H,11H2,1-3H3,(H,22,23)/p-1. The van der Waals surface area contributed by atoms with Crippen LogP contribution >= 0.6 is 0 Å². The lowest BCUT2D eigenvalue weighted by atomic mass is 9.98. The number of aryl methyl sites for hydroxylation is 1. The molecule has 0 fully saturated rings. The van der Waals surface area contributed by atoms with E-state index in [1.54, 1.807) is 0 Å². The zero-order valence-corrected chi connectivity index (χ0v) is 15.3. The molecule has 0 bridgehead atoms. The van der Waals surface area contributed by atoms with Crippen LogP contribution in [0.5, 0.6) is 17.2 Å². The Morgan fingerprint density at radius 1 is 1.15 bits per heavy atom. The third-order valence-electron chi connectivity index (χ3n) is 4.16. The van der Waals surface area contributed by atoms with Crippen molar-refractivity contribution in [3.05, 3.63) is 64.0 Å². The molecule has 0 aliphatic carbocycles. The summed E-state index contributed by atoms with van der Waals surface area (Å²) in [5, 5.41) is 10.8. The minimum atomic E-state index is -1.33. The number of fused-ring (bicyclic) bond motifs is 1. The molecule has 3 rings (SSSR count). The zero-order chi connectivity index (χ0) is 19.6. The van der Waals surface area contributed by atoms with Gasteiger partial charge in [-0.05, 0) is 48.2 Å². The third-order valence-corrected chi connectivity index (χ3v) is 4.16. The second-order valence-electron chi connectivity index (χ2n) is 6.52. The smallest absolute Gasteiger partial charge is 0.235 e. The van der Waals surface area contributed by atoms with Crippen LogP contribution in [-0.2, 0) is 4.79 Å². The van der Waals surface area contributed by atoms with Crippen molar-refractivity contribution in [2.75, 3.05) is 6.61 Å². The van der Waals surface area contributed by atoms with Crippen molar-refractivity contribution in [2.45, 2.75) is 26.7 Å². The van der Waals surface area contributed by atoms with E-state index in [0.717, 1.165) is 5.56 Å². The van der Waals surface area contributed by atoms with Gasteiger partial charge in [-0.25, -0.2) is 0 Å². The second kappa shape index (κ2) is 7.53. The zero-order valence-electron chi connectivity index (χ0n) is 15.3. The van der Waals surface area contributed by atoms with Crippen molar-refractivity contribution < 1.29 is 23.8 Å². The van der Waals surface area contributed by atoms with Crippen LogP contribution in [0.4, 0.5) is 0 Å². The largest absolute Gasteiger partial charge is 0.546 e. The predicted octanol–water partition coefficient (Wildman–Crippen LogP) is 3.15. The quantitative estimate of drug-likeness (QED) is 0.665. The highest BCUT2D eigenvalue weighted by Gasteiger charge is 2.12. The van der Waals surface area contributed by atoms with E-state index in [2.05, 4.69) is 13.8 Å². The van der Waals surface area contributed by atoms with Crippen LogP contribution in [0.1, 0.15) is 30.9 Å². The van der Waals surface area contributed by atoms with Gasteiger partial charge in [0.2, 0.25) is 11.2 Å². The second-order valence-corrected chi connectivity index (χ2v) is 6.52. The summed E-state index contributed by atoms with van der Waals surface area (Å²) in [5.41, 5.74) is 2.25. The molecule has 6 nitrogen and oxygen atoms in total. The van der Waals surface area contributed by atoms with Crippen LogP contribution in [0.25, 0.3) is 11.0 Å². The van der Waals surface area contributed by atoms with Gasteiger partial charge in [0.1, 0.15) is 30.0 Å². The molecule has 0 saturated carbocycles. The average molecular weight is 367 g/mol. The first-order valence-electron chi connectivity index (χ1n) is 8.51. The summed E-state index contributed by atoms with van der Waals surface area (Å²) in [5.74, 6) is -0.0410. The molecule has 3 aromatic rings. The highest BCUT2D eigenvalue weighted by Crippen LogP contribution is 2.27. The molecule has 0 unspecified atom stereocenters. The topological polar surface area (TPSA) is 88.8 Å². The Morgan fingerprint density at radius 3 is 2.56 bits per heavy atom. The highest BCUT2D eigenvalue weighted by molar-refractivity contribution is 5.79. The molecule has 2 aromatic carbocycles. The lowest BCUT2D eigenvalue weighted by molar-refractivity contribution is -0.307. The van der Waals surface area contributed by atoms with Crippen LogP contribution < -0.4 is 20.0 Å². The van der Waals surface area contributed by atoms with Crippen molar-refractivity contribution >= 4 is 16.9 Å². The van der Waals surface area contributed by atoms with Gasteiger partial charge < -0.3 is 23.8 Å². The molecule has 0 aliphatic rings. The van der Waals surface area contributed by atoms with Crippen LogP contribution in [0.15, 0.2) is 51.9 Å². The van der Waals surface area contributed by atoms with Gasteiger partial charge in [-0.1, -0.05) is 19.9 Å². The number of carbonyl (C=O) groups is 1. The Kier molecular flexibility index (Phi) is 5.16. The molecule has 0 aliphatic heterocycles. The normalized spacial score (nSPS) is 11.0. The number of rotatable bonds is 6. The van der Waals surface area contributed by atoms with Crippen molar-refractivity contribution in [2.24, 2.45) is 0 Å². The Bertz CT molecular complexity index is 1050. The molecule has 0 saturated heterocycles. The molecule has 27 heavy (non-hydrogen) atoms. The lowest BCUT2D eigenvalue weighted by Crippen LogP contribution is -2.28. The van der Waals surface area contributed by atoms with E-state index in [1.807, 2.05) is 25.1 Å². The van der Waals surface area contributed by atoms with Gasteiger partial charge in [-0.3, -0.25) is 4.79 Å². The minimum Gasteiger partial charge on any atom is -0.546 e. The molecular formula is C21H19O6-. The summed E-state index contributed by atoms with van der Waals surface area (Å²) >= 11 is 0. The summed E-state index contributed by atoms with van der Waals surface area (Å²) in [6.07, 6.45) is 1.24. The first-order chi connectivity index (χ1) is 12.8. The Hall–Kier alpha value is -3.28. The van der Waals surface area contributed by atoms with Gasteiger partial charge >= 0.3 is 0 Å². The van der Waals surface area contributed by atoms with Gasteiger partial charge in [-0.2, -0.15) is 0 Å². The maximum Gasteiger partial charge on any atom is 0.235 e. The van der Waals surface area contributed by atoms with Crippen LogP contribution in [0.3, 0.4) is 0 Å². The van der Waals surface area contributed by atoms with E-state index >= 15 is 0 Å². The first-order valence-corrected chi connectivity index (χ1v) is 8.51. The summed E-state index contributed by atoms with van der Waals surface area (Å²) in [7, 11) is 0. The number of hydrogen-bond acceptors (Lipinski definition) is 6. The van der Waals surface area contributed by atoms with E-state index in [1.165, 1.54) is 30.0 Å². The first kappa shape index (κ1) is 18.5. The summed E-state index contributed by atoms with van der Waals surface area (Å²) in [4.78, 5) is 23.1. The monoisotopic (exact) mass is 367 g/mol. The third kappa shape index (κ3) is 4.11. The van der Waals surface area contributed by atoms with Gasteiger partial charge in [0, 0.05) is 6.07 Å². The van der Waals surface area contributed by atoms with Crippen LogP contribution in [0, 0.1) is 6.92 Å². The predicted molar refractivity (Wildman–Crippen MR) is 98.3 cm³/mol. The number of carbonyl (C=O) groups excluding carboxylic acids is 1. The van der Waals surface area contributed by atoms with Crippen molar-refractivity contribution in [1.29, 1.82) is 0 Å². The fourth-order valence-electron chi connectivity index (χ4n) is 2.88.